The SMILES string of the molecule is COC(=O)C(C(C)C)C(O)C(=O)O. The van der Waals surface area contributed by atoms with E-state index < -0.39 is 24.0 Å². The first-order chi connectivity index (χ1) is 5.91. The topological polar surface area (TPSA) is 83.8 Å². The highest BCUT2D eigenvalue weighted by molar-refractivity contribution is 5.82. The number of aliphatic hydroxyl groups is 1. The number of hydrogen-bond acceptors (Lipinski definition) is 4. The number of carbonyl (C=O) groups is 2. The molecule has 2 unspecified atom stereocenters. The van der Waals surface area contributed by atoms with E-state index >= 15 is 0 Å². The van der Waals surface area contributed by atoms with Crippen LogP contribution in [-0.4, -0.2) is 35.4 Å². The van der Waals surface area contributed by atoms with Gasteiger partial charge in [-0.2, -0.15) is 0 Å². The van der Waals surface area contributed by atoms with Crippen LogP contribution in [0.2, 0.25) is 0 Å². The molecular formula is C8H14O5. The summed E-state index contributed by atoms with van der Waals surface area (Å²) in [4.78, 5) is 21.5. The van der Waals surface area contributed by atoms with E-state index in [-0.39, 0.29) is 5.92 Å². The minimum atomic E-state index is -1.70. The van der Waals surface area contributed by atoms with E-state index in [1.165, 1.54) is 0 Å². The van der Waals surface area contributed by atoms with E-state index in [2.05, 4.69) is 4.74 Å². The maximum absolute atomic E-state index is 11.1. The molecule has 0 rings (SSSR count). The summed E-state index contributed by atoms with van der Waals surface area (Å²) in [6.45, 7) is 3.29. The number of methoxy groups -OCH3 is 1. The van der Waals surface area contributed by atoms with Crippen molar-refractivity contribution < 1.29 is 24.5 Å². The second kappa shape index (κ2) is 4.81. The number of hydrogen-bond donors (Lipinski definition) is 2. The molecule has 0 heterocycles. The van der Waals surface area contributed by atoms with Crippen LogP contribution in [0.1, 0.15) is 13.8 Å². The van der Waals surface area contributed by atoms with E-state index in [9.17, 15) is 9.59 Å². The van der Waals surface area contributed by atoms with Gasteiger partial charge in [0.05, 0.1) is 13.0 Å². The Morgan fingerprint density at radius 3 is 2.00 bits per heavy atom. The maximum Gasteiger partial charge on any atom is 0.333 e. The van der Waals surface area contributed by atoms with Crippen LogP contribution in [0.3, 0.4) is 0 Å². The van der Waals surface area contributed by atoms with Gasteiger partial charge in [0.25, 0.3) is 0 Å². The first-order valence-corrected chi connectivity index (χ1v) is 3.90. The van der Waals surface area contributed by atoms with Crippen molar-refractivity contribution in [1.29, 1.82) is 0 Å². The first kappa shape index (κ1) is 11.9. The molecule has 0 saturated heterocycles. The molecule has 13 heavy (non-hydrogen) atoms. The van der Waals surface area contributed by atoms with Crippen molar-refractivity contribution in [3.05, 3.63) is 0 Å². The first-order valence-electron chi connectivity index (χ1n) is 3.90. The maximum atomic E-state index is 11.1. The number of ether oxygens (including phenoxy) is 1. The number of carboxylic acid groups (broad SMARTS) is 1. The molecule has 0 fully saturated rings. The molecule has 76 valence electrons. The predicted molar refractivity (Wildman–Crippen MR) is 44.0 cm³/mol. The van der Waals surface area contributed by atoms with Crippen LogP contribution in [0, 0.1) is 11.8 Å². The Bertz CT molecular complexity index is 199. The molecule has 0 aliphatic carbocycles. The van der Waals surface area contributed by atoms with Crippen LogP contribution in [0.15, 0.2) is 0 Å². The molecule has 0 spiro atoms. The summed E-state index contributed by atoms with van der Waals surface area (Å²) in [6.07, 6.45) is -1.70. The molecule has 2 atom stereocenters. The largest absolute Gasteiger partial charge is 0.479 e. The zero-order chi connectivity index (χ0) is 10.6. The standard InChI is InChI=1S/C8H14O5/c1-4(2)5(8(12)13-3)6(9)7(10)11/h4-6,9H,1-3H3,(H,10,11). The Hall–Kier alpha value is -1.10. The molecule has 0 aromatic heterocycles. The normalized spacial score (nSPS) is 15.2. The summed E-state index contributed by atoms with van der Waals surface area (Å²) >= 11 is 0. The van der Waals surface area contributed by atoms with Crippen LogP contribution in [0.4, 0.5) is 0 Å². The van der Waals surface area contributed by atoms with Crippen LogP contribution in [0.25, 0.3) is 0 Å². The van der Waals surface area contributed by atoms with E-state index in [0.717, 1.165) is 7.11 Å². The van der Waals surface area contributed by atoms with Gasteiger partial charge in [-0.1, -0.05) is 13.8 Å². The van der Waals surface area contributed by atoms with Gasteiger partial charge >= 0.3 is 11.9 Å². The summed E-state index contributed by atoms with van der Waals surface area (Å²) in [5.74, 6) is -3.41. The van der Waals surface area contributed by atoms with Crippen molar-refractivity contribution in [2.24, 2.45) is 11.8 Å². The quantitative estimate of drug-likeness (QED) is 0.603. The number of aliphatic carboxylic acids is 1. The average molecular weight is 190 g/mol. The molecule has 0 bridgehead atoms. The number of rotatable bonds is 4. The summed E-state index contributed by atoms with van der Waals surface area (Å²) in [5, 5.41) is 17.6. The monoisotopic (exact) mass is 190 g/mol. The molecule has 0 saturated carbocycles. The molecule has 0 aliphatic rings. The van der Waals surface area contributed by atoms with Gasteiger partial charge < -0.3 is 14.9 Å². The fourth-order valence-corrected chi connectivity index (χ4v) is 1.06. The number of aliphatic hydroxyl groups excluding tert-OH is 1. The van der Waals surface area contributed by atoms with Crippen LogP contribution in [0.5, 0.6) is 0 Å². The zero-order valence-electron chi connectivity index (χ0n) is 7.85. The smallest absolute Gasteiger partial charge is 0.333 e. The Morgan fingerprint density at radius 1 is 1.31 bits per heavy atom. The Labute approximate surface area is 76.3 Å². The molecule has 0 amide bonds. The highest BCUT2D eigenvalue weighted by atomic mass is 16.5. The Balaban J connectivity index is 4.60. The van der Waals surface area contributed by atoms with E-state index in [4.69, 9.17) is 10.2 Å². The molecule has 5 nitrogen and oxygen atoms in total. The highest BCUT2D eigenvalue weighted by Gasteiger charge is 2.35. The summed E-state index contributed by atoms with van der Waals surface area (Å²) in [5.41, 5.74) is 0. The van der Waals surface area contributed by atoms with Crippen molar-refractivity contribution in [2.75, 3.05) is 7.11 Å². The van der Waals surface area contributed by atoms with Crippen molar-refractivity contribution in [3.63, 3.8) is 0 Å². The third kappa shape index (κ3) is 3.02. The van der Waals surface area contributed by atoms with Gasteiger partial charge in [0.15, 0.2) is 6.10 Å². The van der Waals surface area contributed by atoms with Gasteiger partial charge in [0, 0.05) is 0 Å². The lowest BCUT2D eigenvalue weighted by Crippen LogP contribution is -2.38. The summed E-state index contributed by atoms with van der Waals surface area (Å²) < 4.78 is 4.38. The fourth-order valence-electron chi connectivity index (χ4n) is 1.06. The van der Waals surface area contributed by atoms with Crippen molar-refractivity contribution in [1.82, 2.24) is 0 Å². The molecule has 0 aromatic carbocycles. The zero-order valence-corrected chi connectivity index (χ0v) is 7.85. The molecule has 0 radical (unpaired) electrons. The predicted octanol–water partition coefficient (Wildman–Crippen LogP) is -0.123. The Morgan fingerprint density at radius 2 is 1.77 bits per heavy atom. The summed E-state index contributed by atoms with van der Waals surface area (Å²) in [6, 6.07) is 0. The summed E-state index contributed by atoms with van der Waals surface area (Å²) in [7, 11) is 1.16. The molecule has 5 heteroatoms. The van der Waals surface area contributed by atoms with Gasteiger partial charge in [-0.15, -0.1) is 0 Å². The van der Waals surface area contributed by atoms with Gasteiger partial charge in [-0.3, -0.25) is 4.79 Å². The lowest BCUT2D eigenvalue weighted by molar-refractivity contribution is -0.163. The Kier molecular flexibility index (Phi) is 4.40. The van der Waals surface area contributed by atoms with Crippen molar-refractivity contribution >= 4 is 11.9 Å². The number of esters is 1. The minimum Gasteiger partial charge on any atom is -0.479 e. The van der Waals surface area contributed by atoms with E-state index in [0.29, 0.717) is 0 Å². The van der Waals surface area contributed by atoms with Gasteiger partial charge in [0.1, 0.15) is 0 Å². The fraction of sp³-hybridized carbons (Fsp3) is 0.750. The molecule has 0 aliphatic heterocycles. The molecule has 0 aromatic rings. The third-order valence-corrected chi connectivity index (χ3v) is 1.78. The van der Waals surface area contributed by atoms with Crippen LogP contribution >= 0.6 is 0 Å². The average Bonchev–Trinajstić information content (AvgIpc) is 2.03. The van der Waals surface area contributed by atoms with Crippen LogP contribution in [-0.2, 0) is 14.3 Å². The number of carboxylic acids is 1. The van der Waals surface area contributed by atoms with Crippen molar-refractivity contribution in [2.45, 2.75) is 20.0 Å². The van der Waals surface area contributed by atoms with E-state index in [1.54, 1.807) is 13.8 Å². The second-order valence-corrected chi connectivity index (χ2v) is 3.08. The van der Waals surface area contributed by atoms with Gasteiger partial charge in [0.2, 0.25) is 0 Å². The number of carbonyl (C=O) groups excluding carboxylic acids is 1. The van der Waals surface area contributed by atoms with Gasteiger partial charge in [-0.25, -0.2) is 4.79 Å². The minimum absolute atomic E-state index is 0.279. The lowest BCUT2D eigenvalue weighted by atomic mass is 9.90. The van der Waals surface area contributed by atoms with Gasteiger partial charge in [-0.05, 0) is 5.92 Å². The van der Waals surface area contributed by atoms with E-state index in [1.807, 2.05) is 0 Å². The molecular weight excluding hydrogens is 176 g/mol. The highest BCUT2D eigenvalue weighted by Crippen LogP contribution is 2.17. The van der Waals surface area contributed by atoms with Crippen LogP contribution < -0.4 is 0 Å². The molecule has 2 N–H and O–H groups in total. The second-order valence-electron chi connectivity index (χ2n) is 3.08. The van der Waals surface area contributed by atoms with Crippen molar-refractivity contribution in [3.8, 4) is 0 Å². The lowest BCUT2D eigenvalue weighted by Gasteiger charge is -2.20. The third-order valence-electron chi connectivity index (χ3n) is 1.78.